The van der Waals surface area contributed by atoms with Crippen molar-refractivity contribution in [2.45, 2.75) is 11.8 Å². The molecule has 2 rings (SSSR count). The van der Waals surface area contributed by atoms with E-state index in [4.69, 9.17) is 41.2 Å². The average molecular weight is 357 g/mol. The van der Waals surface area contributed by atoms with Crippen LogP contribution in [-0.2, 0) is 0 Å². The lowest BCUT2D eigenvalue weighted by atomic mass is 10.1. The molecule has 3 N–H and O–H groups in total. The van der Waals surface area contributed by atoms with E-state index in [-0.39, 0.29) is 0 Å². The number of hydrogen-bond donors (Lipinski definition) is 2. The summed E-state index contributed by atoms with van der Waals surface area (Å²) in [5.41, 5.74) is 8.32. The van der Waals surface area contributed by atoms with Gasteiger partial charge in [-0.1, -0.05) is 48.4 Å². The highest BCUT2D eigenvalue weighted by Crippen LogP contribution is 2.33. The van der Waals surface area contributed by atoms with E-state index in [9.17, 15) is 0 Å². The number of thioether (sulfide) groups is 1. The summed E-state index contributed by atoms with van der Waals surface area (Å²) in [6.07, 6.45) is 0. The second-order valence-corrected chi connectivity index (χ2v) is 6.81. The summed E-state index contributed by atoms with van der Waals surface area (Å²) in [5, 5.41) is 4.42. The van der Waals surface area contributed by atoms with Gasteiger partial charge in [0.1, 0.15) is 4.99 Å². The zero-order chi connectivity index (χ0) is 15.4. The zero-order valence-corrected chi connectivity index (χ0v) is 14.5. The van der Waals surface area contributed by atoms with E-state index in [0.717, 1.165) is 27.6 Å². The highest BCUT2D eigenvalue weighted by Gasteiger charge is 2.12. The Morgan fingerprint density at radius 2 is 2.00 bits per heavy atom. The monoisotopic (exact) mass is 356 g/mol. The molecule has 6 heteroatoms. The second-order valence-electron chi connectivity index (χ2n) is 4.23. The SMILES string of the molecule is CCSc1cccc(Nc2ccc(Cl)cc2Cl)c1C(N)=S. The number of thiocarbonyl (C=S) groups is 1. The first-order valence-corrected chi connectivity index (χ1v) is 8.45. The lowest BCUT2D eigenvalue weighted by Gasteiger charge is -2.15. The minimum atomic E-state index is 0.360. The summed E-state index contributed by atoms with van der Waals surface area (Å²) in [6, 6.07) is 11.2. The molecule has 2 aromatic rings. The van der Waals surface area contributed by atoms with Gasteiger partial charge in [0.25, 0.3) is 0 Å². The Hall–Kier alpha value is -0.940. The van der Waals surface area contributed by atoms with E-state index >= 15 is 0 Å². The predicted octanol–water partition coefficient (Wildman–Crippen LogP) is 5.48. The number of halogens is 2. The first-order valence-electron chi connectivity index (χ1n) is 6.30. The van der Waals surface area contributed by atoms with Gasteiger partial charge in [-0.3, -0.25) is 0 Å². The second kappa shape index (κ2) is 7.36. The number of nitrogens with two attached hydrogens (primary N) is 1. The fraction of sp³-hybridized carbons (Fsp3) is 0.133. The molecule has 0 aromatic heterocycles. The molecule has 0 radical (unpaired) electrons. The minimum absolute atomic E-state index is 0.360. The van der Waals surface area contributed by atoms with E-state index in [1.54, 1.807) is 23.9 Å². The smallest absolute Gasteiger partial charge is 0.107 e. The lowest BCUT2D eigenvalue weighted by molar-refractivity contribution is 1.38. The van der Waals surface area contributed by atoms with Crippen molar-refractivity contribution in [2.75, 3.05) is 11.1 Å². The maximum absolute atomic E-state index is 6.20. The Bertz CT molecular complexity index is 675. The predicted molar refractivity (Wildman–Crippen MR) is 98.5 cm³/mol. The first-order chi connectivity index (χ1) is 10.0. The van der Waals surface area contributed by atoms with Crippen LogP contribution in [0.4, 0.5) is 11.4 Å². The molecule has 0 aliphatic heterocycles. The number of nitrogens with one attached hydrogen (secondary N) is 1. The molecule has 110 valence electrons. The molecule has 21 heavy (non-hydrogen) atoms. The first kappa shape index (κ1) is 16.4. The molecule has 0 bridgehead atoms. The van der Waals surface area contributed by atoms with Crippen molar-refractivity contribution in [3.05, 3.63) is 52.0 Å². The van der Waals surface area contributed by atoms with E-state index < -0.39 is 0 Å². The Morgan fingerprint density at radius 1 is 1.24 bits per heavy atom. The average Bonchev–Trinajstić information content (AvgIpc) is 2.42. The van der Waals surface area contributed by atoms with Crippen molar-refractivity contribution in [1.29, 1.82) is 0 Å². The summed E-state index contributed by atoms with van der Waals surface area (Å²) in [7, 11) is 0. The van der Waals surface area contributed by atoms with Gasteiger partial charge in [-0.25, -0.2) is 0 Å². The van der Waals surface area contributed by atoms with E-state index in [1.807, 2.05) is 24.3 Å². The molecule has 0 aliphatic rings. The molecule has 0 spiro atoms. The quantitative estimate of drug-likeness (QED) is 0.549. The van der Waals surface area contributed by atoms with Crippen LogP contribution >= 0.6 is 47.2 Å². The van der Waals surface area contributed by atoms with Crippen molar-refractivity contribution >= 4 is 63.5 Å². The molecule has 0 saturated carbocycles. The third-order valence-corrected chi connectivity index (χ3v) is 4.46. The zero-order valence-electron chi connectivity index (χ0n) is 11.3. The molecule has 0 amide bonds. The topological polar surface area (TPSA) is 38.0 Å². The summed E-state index contributed by atoms with van der Waals surface area (Å²) in [5.74, 6) is 0.945. The highest BCUT2D eigenvalue weighted by atomic mass is 35.5. The Balaban J connectivity index is 2.43. The van der Waals surface area contributed by atoms with Crippen molar-refractivity contribution in [1.82, 2.24) is 0 Å². The molecule has 0 unspecified atom stereocenters. The van der Waals surface area contributed by atoms with Gasteiger partial charge in [-0.15, -0.1) is 11.8 Å². The van der Waals surface area contributed by atoms with Gasteiger partial charge in [-0.05, 0) is 36.1 Å². The molecular formula is C15H14Cl2N2S2. The third-order valence-electron chi connectivity index (χ3n) is 2.77. The van der Waals surface area contributed by atoms with Crippen molar-refractivity contribution < 1.29 is 0 Å². The maximum Gasteiger partial charge on any atom is 0.107 e. The van der Waals surface area contributed by atoms with Gasteiger partial charge in [0.2, 0.25) is 0 Å². The maximum atomic E-state index is 6.20. The van der Waals surface area contributed by atoms with Crippen LogP contribution in [-0.4, -0.2) is 10.7 Å². The van der Waals surface area contributed by atoms with Crippen molar-refractivity contribution in [3.63, 3.8) is 0 Å². The van der Waals surface area contributed by atoms with Gasteiger partial charge in [0.15, 0.2) is 0 Å². The standard InChI is InChI=1S/C15H14Cl2N2S2/c1-2-21-13-5-3-4-12(14(13)15(18)20)19-11-7-6-9(16)8-10(11)17/h3-8,19H,2H2,1H3,(H2,18,20). The van der Waals surface area contributed by atoms with Crippen LogP contribution in [0.25, 0.3) is 0 Å². The lowest BCUT2D eigenvalue weighted by Crippen LogP contribution is -2.13. The molecule has 0 aliphatic carbocycles. The van der Waals surface area contributed by atoms with Gasteiger partial charge < -0.3 is 11.1 Å². The van der Waals surface area contributed by atoms with Gasteiger partial charge in [-0.2, -0.15) is 0 Å². The molecule has 0 atom stereocenters. The Labute approximate surface area is 144 Å². The van der Waals surface area contributed by atoms with Gasteiger partial charge >= 0.3 is 0 Å². The number of rotatable bonds is 5. The normalized spacial score (nSPS) is 10.4. The molecular weight excluding hydrogens is 343 g/mol. The number of anilines is 2. The summed E-state index contributed by atoms with van der Waals surface area (Å²) >= 11 is 19.0. The van der Waals surface area contributed by atoms with Crippen LogP contribution < -0.4 is 11.1 Å². The van der Waals surface area contributed by atoms with Crippen LogP contribution in [0.2, 0.25) is 10.0 Å². The molecule has 0 heterocycles. The highest BCUT2D eigenvalue weighted by molar-refractivity contribution is 7.99. The fourth-order valence-corrected chi connectivity index (χ4v) is 3.49. The van der Waals surface area contributed by atoms with E-state index in [0.29, 0.717) is 15.0 Å². The Kier molecular flexibility index (Phi) is 5.76. The largest absolute Gasteiger partial charge is 0.389 e. The van der Waals surface area contributed by atoms with Crippen LogP contribution in [0.3, 0.4) is 0 Å². The van der Waals surface area contributed by atoms with Crippen LogP contribution in [0, 0.1) is 0 Å². The minimum Gasteiger partial charge on any atom is -0.389 e. The molecule has 2 nitrogen and oxygen atoms in total. The van der Waals surface area contributed by atoms with Crippen molar-refractivity contribution in [2.24, 2.45) is 5.73 Å². The fourth-order valence-electron chi connectivity index (χ4n) is 1.90. The summed E-state index contributed by atoms with van der Waals surface area (Å²) in [6.45, 7) is 2.09. The Morgan fingerprint density at radius 3 is 2.62 bits per heavy atom. The summed E-state index contributed by atoms with van der Waals surface area (Å²) < 4.78 is 0. The van der Waals surface area contributed by atoms with Crippen molar-refractivity contribution in [3.8, 4) is 0 Å². The van der Waals surface area contributed by atoms with Crippen LogP contribution in [0.1, 0.15) is 12.5 Å². The van der Waals surface area contributed by atoms with Gasteiger partial charge in [0.05, 0.1) is 10.7 Å². The van der Waals surface area contributed by atoms with Crippen LogP contribution in [0.15, 0.2) is 41.3 Å². The third kappa shape index (κ3) is 4.04. The summed E-state index contributed by atoms with van der Waals surface area (Å²) in [4.78, 5) is 1.42. The van der Waals surface area contributed by atoms with E-state index in [2.05, 4.69) is 12.2 Å². The number of hydrogen-bond acceptors (Lipinski definition) is 3. The van der Waals surface area contributed by atoms with Gasteiger partial charge in [0, 0.05) is 21.2 Å². The number of benzene rings is 2. The molecule has 0 saturated heterocycles. The van der Waals surface area contributed by atoms with E-state index in [1.165, 1.54) is 0 Å². The molecule has 0 fully saturated rings. The van der Waals surface area contributed by atoms with Crippen LogP contribution in [0.5, 0.6) is 0 Å². The molecule has 2 aromatic carbocycles.